The zero-order valence-electron chi connectivity index (χ0n) is 8.10. The molecular formula is C9H12N2O3. The Kier molecular flexibility index (Phi) is 3.01. The van der Waals surface area contributed by atoms with Crippen LogP contribution in [0.25, 0.3) is 0 Å². The highest BCUT2D eigenvalue weighted by atomic mass is 16.4. The van der Waals surface area contributed by atoms with Crippen LogP contribution in [-0.4, -0.2) is 20.6 Å². The van der Waals surface area contributed by atoms with Crippen LogP contribution in [0.2, 0.25) is 0 Å². The van der Waals surface area contributed by atoms with Gasteiger partial charge in [-0.05, 0) is 12.0 Å². The number of carbonyl (C=O) groups is 1. The molecule has 14 heavy (non-hydrogen) atoms. The van der Waals surface area contributed by atoms with E-state index in [0.29, 0.717) is 6.54 Å². The first-order valence-electron chi connectivity index (χ1n) is 4.31. The average molecular weight is 196 g/mol. The van der Waals surface area contributed by atoms with Crippen molar-refractivity contribution in [2.45, 2.75) is 20.4 Å². The van der Waals surface area contributed by atoms with Crippen LogP contribution in [0.4, 0.5) is 0 Å². The van der Waals surface area contributed by atoms with Gasteiger partial charge in [-0.1, -0.05) is 13.8 Å². The second kappa shape index (κ2) is 4.04. The van der Waals surface area contributed by atoms with Gasteiger partial charge >= 0.3 is 11.7 Å². The molecule has 0 aliphatic carbocycles. The Morgan fingerprint density at radius 1 is 1.64 bits per heavy atom. The number of carboxylic acid groups (broad SMARTS) is 1. The van der Waals surface area contributed by atoms with Crippen LogP contribution >= 0.6 is 0 Å². The fourth-order valence-electron chi connectivity index (χ4n) is 1.16. The van der Waals surface area contributed by atoms with Crippen LogP contribution in [0, 0.1) is 5.92 Å². The van der Waals surface area contributed by atoms with Gasteiger partial charge in [-0.25, -0.2) is 14.6 Å². The Balaban J connectivity index is 3.23. The summed E-state index contributed by atoms with van der Waals surface area (Å²) >= 11 is 0. The predicted octanol–water partition coefficient (Wildman–Crippen LogP) is 0.598. The average Bonchev–Trinajstić information content (AvgIpc) is 2.07. The molecule has 0 saturated heterocycles. The first-order valence-corrected chi connectivity index (χ1v) is 4.31. The lowest BCUT2D eigenvalue weighted by Gasteiger charge is -2.10. The van der Waals surface area contributed by atoms with Gasteiger partial charge in [0.2, 0.25) is 0 Å². The second-order valence-corrected chi connectivity index (χ2v) is 3.42. The van der Waals surface area contributed by atoms with Crippen molar-refractivity contribution >= 4 is 5.97 Å². The van der Waals surface area contributed by atoms with Gasteiger partial charge in [-0.2, -0.15) is 0 Å². The summed E-state index contributed by atoms with van der Waals surface area (Å²) in [5, 5.41) is 8.82. The first kappa shape index (κ1) is 10.4. The van der Waals surface area contributed by atoms with Gasteiger partial charge in [-0.3, -0.25) is 4.57 Å². The van der Waals surface area contributed by atoms with Gasteiger partial charge in [-0.15, -0.1) is 0 Å². The zero-order valence-corrected chi connectivity index (χ0v) is 8.10. The van der Waals surface area contributed by atoms with E-state index in [0.717, 1.165) is 0 Å². The second-order valence-electron chi connectivity index (χ2n) is 3.42. The van der Waals surface area contributed by atoms with E-state index in [1.807, 2.05) is 13.8 Å². The minimum absolute atomic E-state index is 0.0151. The third-order valence-corrected chi connectivity index (χ3v) is 1.71. The van der Waals surface area contributed by atoms with E-state index in [1.54, 1.807) is 0 Å². The molecule has 1 aromatic rings. The smallest absolute Gasteiger partial charge is 0.352 e. The van der Waals surface area contributed by atoms with E-state index in [-0.39, 0.29) is 11.6 Å². The summed E-state index contributed by atoms with van der Waals surface area (Å²) in [6.45, 7) is 4.18. The number of aromatic nitrogens is 2. The Labute approximate surface area is 81.0 Å². The van der Waals surface area contributed by atoms with E-state index in [9.17, 15) is 9.59 Å². The van der Waals surface area contributed by atoms with E-state index in [4.69, 9.17) is 5.11 Å². The summed E-state index contributed by atoms with van der Waals surface area (Å²) in [5.41, 5.74) is -0.530. The molecule has 0 amide bonds. The molecule has 76 valence electrons. The third kappa shape index (κ3) is 2.18. The third-order valence-electron chi connectivity index (χ3n) is 1.71. The number of hydrogen-bond donors (Lipinski definition) is 1. The topological polar surface area (TPSA) is 72.2 Å². The number of nitrogens with zero attached hydrogens (tertiary/aromatic N) is 2. The van der Waals surface area contributed by atoms with E-state index >= 15 is 0 Å². The van der Waals surface area contributed by atoms with Crippen LogP contribution in [0.3, 0.4) is 0 Å². The summed E-state index contributed by atoms with van der Waals surface area (Å²) in [7, 11) is 0. The van der Waals surface area contributed by atoms with E-state index in [1.165, 1.54) is 16.8 Å². The quantitative estimate of drug-likeness (QED) is 0.768. The summed E-state index contributed by atoms with van der Waals surface area (Å²) < 4.78 is 1.17. The van der Waals surface area contributed by atoms with Gasteiger partial charge in [0.05, 0.1) is 0 Å². The van der Waals surface area contributed by atoms with Crippen molar-refractivity contribution in [1.29, 1.82) is 0 Å². The number of rotatable bonds is 3. The fourth-order valence-corrected chi connectivity index (χ4v) is 1.16. The molecule has 0 atom stereocenters. The molecule has 0 spiro atoms. The maximum atomic E-state index is 11.3. The molecule has 0 saturated carbocycles. The van der Waals surface area contributed by atoms with Crippen molar-refractivity contribution in [1.82, 2.24) is 9.55 Å². The van der Waals surface area contributed by atoms with Crippen molar-refractivity contribution < 1.29 is 9.90 Å². The van der Waals surface area contributed by atoms with Crippen molar-refractivity contribution in [2.24, 2.45) is 5.92 Å². The first-order chi connectivity index (χ1) is 6.52. The molecule has 0 unspecified atom stereocenters. The van der Waals surface area contributed by atoms with E-state index in [2.05, 4.69) is 4.98 Å². The molecule has 1 heterocycles. The Morgan fingerprint density at radius 3 is 2.79 bits per heavy atom. The SMILES string of the molecule is CC(C)Cn1c(C(=O)O)ccnc1=O. The number of hydrogen-bond acceptors (Lipinski definition) is 3. The normalized spacial score (nSPS) is 10.5. The number of carboxylic acids is 1. The van der Waals surface area contributed by atoms with E-state index < -0.39 is 11.7 Å². The minimum Gasteiger partial charge on any atom is -0.477 e. The van der Waals surface area contributed by atoms with Crippen molar-refractivity contribution in [2.75, 3.05) is 0 Å². The molecule has 5 heteroatoms. The summed E-state index contributed by atoms with van der Waals surface area (Å²) in [6, 6.07) is 1.33. The molecule has 1 aromatic heterocycles. The van der Waals surface area contributed by atoms with Gasteiger partial charge in [0, 0.05) is 12.7 Å². The molecule has 0 aromatic carbocycles. The lowest BCUT2D eigenvalue weighted by atomic mass is 10.2. The molecule has 1 rings (SSSR count). The fraction of sp³-hybridized carbons (Fsp3) is 0.444. The standard InChI is InChI=1S/C9H12N2O3/c1-6(2)5-11-7(8(12)13)3-4-10-9(11)14/h3-4,6H,5H2,1-2H3,(H,12,13). The van der Waals surface area contributed by atoms with Crippen LogP contribution in [0.1, 0.15) is 24.3 Å². The highest BCUT2D eigenvalue weighted by Crippen LogP contribution is 2.00. The summed E-state index contributed by atoms with van der Waals surface area (Å²) in [5.74, 6) is -0.903. The molecular weight excluding hydrogens is 184 g/mol. The van der Waals surface area contributed by atoms with Crippen LogP contribution in [0.5, 0.6) is 0 Å². The maximum Gasteiger partial charge on any atom is 0.352 e. The lowest BCUT2D eigenvalue weighted by Crippen LogP contribution is -2.29. The molecule has 1 N–H and O–H groups in total. The van der Waals surface area contributed by atoms with Gasteiger partial charge < -0.3 is 5.11 Å². The molecule has 0 fully saturated rings. The minimum atomic E-state index is -1.11. The largest absolute Gasteiger partial charge is 0.477 e. The Hall–Kier alpha value is -1.65. The molecule has 0 radical (unpaired) electrons. The van der Waals surface area contributed by atoms with Gasteiger partial charge in [0.1, 0.15) is 5.69 Å². The van der Waals surface area contributed by atoms with Crippen LogP contribution in [0.15, 0.2) is 17.1 Å². The van der Waals surface area contributed by atoms with Gasteiger partial charge in [0.15, 0.2) is 0 Å². The Morgan fingerprint density at radius 2 is 2.29 bits per heavy atom. The van der Waals surface area contributed by atoms with Crippen molar-refractivity contribution in [3.8, 4) is 0 Å². The zero-order chi connectivity index (χ0) is 10.7. The summed E-state index contributed by atoms with van der Waals surface area (Å²) in [6.07, 6.45) is 1.21. The molecule has 0 aliphatic heterocycles. The van der Waals surface area contributed by atoms with Crippen LogP contribution < -0.4 is 5.69 Å². The number of aromatic carboxylic acids is 1. The predicted molar refractivity (Wildman–Crippen MR) is 50.3 cm³/mol. The molecule has 5 nitrogen and oxygen atoms in total. The maximum absolute atomic E-state index is 11.3. The van der Waals surface area contributed by atoms with Crippen molar-refractivity contribution in [3.05, 3.63) is 28.4 Å². The highest BCUT2D eigenvalue weighted by Gasteiger charge is 2.11. The molecule has 0 aliphatic rings. The van der Waals surface area contributed by atoms with Gasteiger partial charge in [0.25, 0.3) is 0 Å². The van der Waals surface area contributed by atoms with Crippen molar-refractivity contribution in [3.63, 3.8) is 0 Å². The summed E-state index contributed by atoms with van der Waals surface area (Å²) in [4.78, 5) is 25.6. The lowest BCUT2D eigenvalue weighted by molar-refractivity contribution is 0.0682. The highest BCUT2D eigenvalue weighted by molar-refractivity contribution is 5.85. The van der Waals surface area contributed by atoms with Crippen LogP contribution in [-0.2, 0) is 6.54 Å². The molecule has 0 bridgehead atoms. The monoisotopic (exact) mass is 196 g/mol. The Bertz CT molecular complexity index is 395.